The highest BCUT2D eigenvalue weighted by atomic mass is 35.5. The molecule has 2 fully saturated rings. The number of rotatable bonds is 12. The number of anilines is 1. The Morgan fingerprint density at radius 2 is 1.66 bits per heavy atom. The molecular weight excluding hydrogens is 586 g/mol. The lowest BCUT2D eigenvalue weighted by atomic mass is 9.87. The zero-order valence-corrected chi connectivity index (χ0v) is 27.3. The molecule has 0 saturated carbocycles. The number of carbonyl (C=O) groups excluding carboxylic acids is 3. The van der Waals surface area contributed by atoms with Crippen molar-refractivity contribution in [1.29, 1.82) is 0 Å². The molecule has 2 aromatic rings. The number of halogens is 1. The van der Waals surface area contributed by atoms with E-state index in [2.05, 4.69) is 23.6 Å². The third-order valence-corrected chi connectivity index (χ3v) is 8.20. The van der Waals surface area contributed by atoms with E-state index in [-0.39, 0.29) is 36.4 Å². The van der Waals surface area contributed by atoms with Crippen LogP contribution in [0, 0.1) is 5.92 Å². The Morgan fingerprint density at radius 1 is 0.955 bits per heavy atom. The number of fused-ring (bicyclic) bond motifs is 2. The second-order valence-electron chi connectivity index (χ2n) is 10.8. The van der Waals surface area contributed by atoms with Crippen molar-refractivity contribution in [2.45, 2.75) is 64.6 Å². The van der Waals surface area contributed by atoms with Crippen LogP contribution in [0.4, 0.5) is 5.69 Å². The maximum atomic E-state index is 12.3. The van der Waals surface area contributed by atoms with E-state index in [4.69, 9.17) is 24.7 Å². The summed E-state index contributed by atoms with van der Waals surface area (Å²) in [6, 6.07) is 14.4. The number of benzene rings is 2. The molecule has 2 saturated heterocycles. The van der Waals surface area contributed by atoms with Gasteiger partial charge in [-0.3, -0.25) is 9.69 Å². The number of piperidine rings is 1. The summed E-state index contributed by atoms with van der Waals surface area (Å²) < 4.78 is 21.4. The van der Waals surface area contributed by atoms with E-state index in [0.29, 0.717) is 48.2 Å². The van der Waals surface area contributed by atoms with Crippen molar-refractivity contribution < 1.29 is 33.3 Å². The average molecular weight is 634 g/mol. The Labute approximate surface area is 267 Å². The van der Waals surface area contributed by atoms with E-state index in [9.17, 15) is 14.4 Å². The molecule has 11 heteroatoms. The summed E-state index contributed by atoms with van der Waals surface area (Å²) in [6.45, 7) is 9.83. The standard InChI is InChI=1S/C17H21NO4.C16H26N2O3.ClH/c1-18-12-8-9-13(18)15(17(20)21-2)14(10-12)22-16(19)11-6-4-3-5-7-11;1-4-10-20-15-8-7-13(12-14(15)17)16(19)21-11-9-18(5-2)6-3;/h3-7,12-15H,8-10H2,1-2H3;7-8,12H,4-6,9-11,17H2,1-3H3;1H/t12-,13+,14-,15+;;/m0../s1. The van der Waals surface area contributed by atoms with Crippen LogP contribution in [-0.4, -0.2) is 92.9 Å². The Kier molecular flexibility index (Phi) is 15.5. The first-order chi connectivity index (χ1) is 20.7. The van der Waals surface area contributed by atoms with Gasteiger partial charge in [-0.1, -0.05) is 39.0 Å². The maximum Gasteiger partial charge on any atom is 0.338 e. The second-order valence-corrected chi connectivity index (χ2v) is 10.8. The van der Waals surface area contributed by atoms with Crippen LogP contribution in [0.25, 0.3) is 0 Å². The van der Waals surface area contributed by atoms with E-state index in [0.717, 1.165) is 38.9 Å². The van der Waals surface area contributed by atoms with E-state index in [1.807, 2.05) is 20.0 Å². The smallest absolute Gasteiger partial charge is 0.338 e. The van der Waals surface area contributed by atoms with Gasteiger partial charge in [0.1, 0.15) is 24.4 Å². The van der Waals surface area contributed by atoms with E-state index < -0.39 is 12.0 Å². The van der Waals surface area contributed by atoms with Gasteiger partial charge in [-0.2, -0.15) is 0 Å². The first kappa shape index (κ1) is 36.8. The average Bonchev–Trinajstić information content (AvgIpc) is 3.26. The molecule has 0 unspecified atom stereocenters. The SMILES string of the molecule is CCCOc1ccc(C(=O)OCCN(CC)CC)cc1N.COC(=O)[C@H]1[C@@H](OC(=O)c2ccccc2)C[C@@H]2CC[C@H]1N2C.Cl. The monoisotopic (exact) mass is 633 g/mol. The lowest BCUT2D eigenvalue weighted by Crippen LogP contribution is -2.53. The van der Waals surface area contributed by atoms with Gasteiger partial charge in [0, 0.05) is 25.0 Å². The fourth-order valence-corrected chi connectivity index (χ4v) is 5.68. The van der Waals surface area contributed by atoms with Crippen molar-refractivity contribution in [2.24, 2.45) is 5.92 Å². The molecule has 4 atom stereocenters. The number of esters is 3. The van der Waals surface area contributed by atoms with Crippen LogP contribution in [0.3, 0.4) is 0 Å². The van der Waals surface area contributed by atoms with Gasteiger partial charge in [-0.15, -0.1) is 12.4 Å². The topological polar surface area (TPSA) is 121 Å². The minimum Gasteiger partial charge on any atom is -0.491 e. The fraction of sp³-hybridized carbons (Fsp3) is 0.545. The zero-order chi connectivity index (χ0) is 31.4. The quantitative estimate of drug-likeness (QED) is 0.197. The molecule has 44 heavy (non-hydrogen) atoms. The molecule has 2 aliphatic rings. The molecule has 2 bridgehead atoms. The highest BCUT2D eigenvalue weighted by Gasteiger charge is 2.51. The Morgan fingerprint density at radius 3 is 2.27 bits per heavy atom. The summed E-state index contributed by atoms with van der Waals surface area (Å²) in [7, 11) is 3.42. The molecule has 2 aliphatic heterocycles. The van der Waals surface area contributed by atoms with Crippen molar-refractivity contribution in [2.75, 3.05) is 52.7 Å². The summed E-state index contributed by atoms with van der Waals surface area (Å²) in [5.41, 5.74) is 7.30. The van der Waals surface area contributed by atoms with Gasteiger partial charge in [-0.05, 0) is 69.7 Å². The van der Waals surface area contributed by atoms with Gasteiger partial charge in [0.2, 0.25) is 0 Å². The van der Waals surface area contributed by atoms with Crippen LogP contribution in [0.5, 0.6) is 5.75 Å². The lowest BCUT2D eigenvalue weighted by Gasteiger charge is -2.40. The summed E-state index contributed by atoms with van der Waals surface area (Å²) >= 11 is 0. The summed E-state index contributed by atoms with van der Waals surface area (Å²) in [5.74, 6) is -0.805. The minimum absolute atomic E-state index is 0. The number of nitrogens with zero attached hydrogens (tertiary/aromatic N) is 2. The number of hydrogen-bond acceptors (Lipinski definition) is 10. The summed E-state index contributed by atoms with van der Waals surface area (Å²) in [6.07, 6.45) is 3.17. The van der Waals surface area contributed by atoms with Gasteiger partial charge >= 0.3 is 17.9 Å². The predicted octanol–water partition coefficient (Wildman–Crippen LogP) is 4.85. The third kappa shape index (κ3) is 9.84. The summed E-state index contributed by atoms with van der Waals surface area (Å²) in [4.78, 5) is 40.9. The van der Waals surface area contributed by atoms with Gasteiger partial charge in [0.15, 0.2) is 0 Å². The van der Waals surface area contributed by atoms with Crippen molar-refractivity contribution in [3.05, 3.63) is 59.7 Å². The number of methoxy groups -OCH3 is 1. The van der Waals surface area contributed by atoms with E-state index in [1.165, 1.54) is 7.11 Å². The van der Waals surface area contributed by atoms with Gasteiger partial charge in [-0.25, -0.2) is 9.59 Å². The van der Waals surface area contributed by atoms with E-state index in [1.54, 1.807) is 42.5 Å². The van der Waals surface area contributed by atoms with Gasteiger partial charge < -0.3 is 29.6 Å². The number of nitrogens with two attached hydrogens (primary N) is 1. The van der Waals surface area contributed by atoms with Crippen molar-refractivity contribution in [3.8, 4) is 5.75 Å². The Hall–Kier alpha value is -3.34. The van der Waals surface area contributed by atoms with Crippen molar-refractivity contribution in [3.63, 3.8) is 0 Å². The molecule has 0 spiro atoms. The lowest BCUT2D eigenvalue weighted by molar-refractivity contribution is -0.156. The highest BCUT2D eigenvalue weighted by molar-refractivity contribution is 5.91. The zero-order valence-electron chi connectivity index (χ0n) is 26.5. The largest absolute Gasteiger partial charge is 0.491 e. The molecule has 2 N–H and O–H groups in total. The summed E-state index contributed by atoms with van der Waals surface area (Å²) in [5, 5.41) is 0. The van der Waals surface area contributed by atoms with Crippen LogP contribution in [0.15, 0.2) is 48.5 Å². The van der Waals surface area contributed by atoms with Crippen LogP contribution >= 0.6 is 12.4 Å². The molecule has 0 radical (unpaired) electrons. The highest BCUT2D eigenvalue weighted by Crippen LogP contribution is 2.40. The molecule has 2 aromatic carbocycles. The van der Waals surface area contributed by atoms with Gasteiger partial charge in [0.05, 0.1) is 30.5 Å². The molecular formula is C33H48ClN3O7. The first-order valence-electron chi connectivity index (χ1n) is 15.2. The van der Waals surface area contributed by atoms with Gasteiger partial charge in [0.25, 0.3) is 0 Å². The second kappa shape index (κ2) is 18.5. The van der Waals surface area contributed by atoms with Crippen molar-refractivity contribution >= 4 is 36.0 Å². The first-order valence-corrected chi connectivity index (χ1v) is 15.2. The Bertz CT molecular complexity index is 1200. The number of likely N-dealkylation sites (N-methyl/N-ethyl adjacent to an activating group) is 1. The normalized spacial score (nSPS) is 20.5. The molecule has 4 rings (SSSR count). The predicted molar refractivity (Wildman–Crippen MR) is 172 cm³/mol. The molecule has 10 nitrogen and oxygen atoms in total. The molecule has 0 amide bonds. The van der Waals surface area contributed by atoms with Crippen LogP contribution in [-0.2, 0) is 19.0 Å². The molecule has 2 heterocycles. The number of ether oxygens (including phenoxy) is 4. The number of carbonyl (C=O) groups is 3. The van der Waals surface area contributed by atoms with Crippen LogP contribution < -0.4 is 10.5 Å². The third-order valence-electron chi connectivity index (χ3n) is 8.20. The Balaban J connectivity index is 0.000000301. The molecule has 0 aromatic heterocycles. The van der Waals surface area contributed by atoms with Crippen LogP contribution in [0.2, 0.25) is 0 Å². The van der Waals surface area contributed by atoms with Crippen molar-refractivity contribution in [1.82, 2.24) is 9.80 Å². The maximum absolute atomic E-state index is 12.3. The van der Waals surface area contributed by atoms with E-state index >= 15 is 0 Å². The fourth-order valence-electron chi connectivity index (χ4n) is 5.68. The number of hydrogen-bond donors (Lipinski definition) is 1. The minimum atomic E-state index is -0.408. The molecule has 0 aliphatic carbocycles. The number of nitrogen functional groups attached to an aromatic ring is 1. The molecule has 244 valence electrons. The van der Waals surface area contributed by atoms with Crippen LogP contribution in [0.1, 0.15) is 67.2 Å².